The summed E-state index contributed by atoms with van der Waals surface area (Å²) in [4.78, 5) is 29.2. The van der Waals surface area contributed by atoms with Gasteiger partial charge < -0.3 is 21.1 Å². The van der Waals surface area contributed by atoms with Crippen LogP contribution in [0, 0.1) is 30.6 Å². The first kappa shape index (κ1) is 20.4. The van der Waals surface area contributed by atoms with E-state index >= 15 is 0 Å². The number of hydrogen-bond donors (Lipinski definition) is 3. The fourth-order valence-electron chi connectivity index (χ4n) is 3.53. The molecule has 28 heavy (non-hydrogen) atoms. The number of ether oxygens (including phenoxy) is 1. The molecule has 1 aromatic heterocycles. The Morgan fingerprint density at radius 1 is 1.25 bits per heavy atom. The van der Waals surface area contributed by atoms with E-state index in [-0.39, 0.29) is 23.0 Å². The van der Waals surface area contributed by atoms with Gasteiger partial charge >= 0.3 is 6.09 Å². The first-order valence-corrected chi connectivity index (χ1v) is 9.78. The van der Waals surface area contributed by atoms with E-state index in [1.54, 1.807) is 20.8 Å². The van der Waals surface area contributed by atoms with E-state index in [2.05, 4.69) is 15.6 Å². The number of alkyl carbamates (subject to hydrolysis) is 1. The second-order valence-electron chi connectivity index (χ2n) is 8.88. The van der Waals surface area contributed by atoms with Crippen molar-refractivity contribution in [3.05, 3.63) is 17.6 Å². The van der Waals surface area contributed by atoms with Crippen LogP contribution in [0.25, 0.3) is 0 Å². The number of nitrogens with two attached hydrogens (primary N) is 1. The van der Waals surface area contributed by atoms with Gasteiger partial charge in [-0.05, 0) is 71.1 Å². The number of nitrogen functional groups attached to an aromatic ring is 1. The van der Waals surface area contributed by atoms with Crippen LogP contribution in [0.3, 0.4) is 0 Å². The van der Waals surface area contributed by atoms with Crippen molar-refractivity contribution in [2.24, 2.45) is 17.8 Å². The molecule has 0 radical (unpaired) electrons. The van der Waals surface area contributed by atoms with Crippen molar-refractivity contribution in [2.75, 3.05) is 11.1 Å². The highest BCUT2D eigenvalue weighted by Gasteiger charge is 2.48. The zero-order valence-corrected chi connectivity index (χ0v) is 16.8. The van der Waals surface area contributed by atoms with Crippen LogP contribution in [0.4, 0.5) is 20.7 Å². The summed E-state index contributed by atoms with van der Waals surface area (Å²) < 4.78 is 19.2. The quantitative estimate of drug-likeness (QED) is 0.644. The van der Waals surface area contributed by atoms with Crippen LogP contribution < -0.4 is 16.4 Å². The maximum atomic E-state index is 13.9. The normalized spacial score (nSPS) is 17.9. The Kier molecular flexibility index (Phi) is 5.50. The molecule has 1 unspecified atom stereocenters. The fourth-order valence-corrected chi connectivity index (χ4v) is 3.53. The highest BCUT2D eigenvalue weighted by Crippen LogP contribution is 2.50. The van der Waals surface area contributed by atoms with Gasteiger partial charge in [-0.25, -0.2) is 9.78 Å². The minimum atomic E-state index is -0.762. The molecule has 2 aliphatic carbocycles. The Bertz CT molecular complexity index is 734. The molecule has 0 aromatic carbocycles. The third kappa shape index (κ3) is 5.11. The lowest BCUT2D eigenvalue weighted by atomic mass is 9.89. The van der Waals surface area contributed by atoms with Crippen molar-refractivity contribution in [2.45, 2.75) is 65.0 Å². The minimum Gasteiger partial charge on any atom is -0.444 e. The summed E-state index contributed by atoms with van der Waals surface area (Å²) in [6, 6.07) is 0.659. The molecule has 0 spiro atoms. The first-order valence-electron chi connectivity index (χ1n) is 9.78. The van der Waals surface area contributed by atoms with Crippen LogP contribution in [0.2, 0.25) is 0 Å². The number of halogens is 1. The molecule has 2 amide bonds. The monoisotopic (exact) mass is 392 g/mol. The second-order valence-corrected chi connectivity index (χ2v) is 8.88. The molecule has 8 heteroatoms. The molecule has 2 aliphatic rings. The fraction of sp³-hybridized carbons (Fsp3) is 0.650. The number of pyridine rings is 1. The highest BCUT2D eigenvalue weighted by atomic mass is 19.1. The van der Waals surface area contributed by atoms with Gasteiger partial charge in [-0.15, -0.1) is 0 Å². The van der Waals surface area contributed by atoms with E-state index < -0.39 is 29.6 Å². The van der Waals surface area contributed by atoms with E-state index in [1.807, 2.05) is 0 Å². The van der Waals surface area contributed by atoms with Crippen molar-refractivity contribution in [3.63, 3.8) is 0 Å². The summed E-state index contributed by atoms with van der Waals surface area (Å²) in [6.45, 7) is 6.82. The van der Waals surface area contributed by atoms with Crippen LogP contribution >= 0.6 is 0 Å². The molecule has 3 rings (SSSR count). The summed E-state index contributed by atoms with van der Waals surface area (Å²) in [5, 5.41) is 5.38. The summed E-state index contributed by atoms with van der Waals surface area (Å²) in [7, 11) is 0. The number of carbonyl (C=O) groups is 2. The summed E-state index contributed by atoms with van der Waals surface area (Å²) in [5.74, 6) is -0.262. The molecule has 4 N–H and O–H groups in total. The number of nitrogens with zero attached hydrogens (tertiary/aromatic N) is 1. The zero-order chi connectivity index (χ0) is 20.6. The Morgan fingerprint density at radius 3 is 2.29 bits per heavy atom. The van der Waals surface area contributed by atoms with Crippen molar-refractivity contribution < 1.29 is 18.7 Å². The molecule has 0 bridgehead atoms. The SMILES string of the molecule is Cc1c(N)cc(NC(=O)C(NC(=O)OC(C)(C)C)C(C2CC2)C2CC2)nc1F. The number of anilines is 2. The van der Waals surface area contributed by atoms with Gasteiger partial charge in [0.15, 0.2) is 0 Å². The van der Waals surface area contributed by atoms with Crippen molar-refractivity contribution in [3.8, 4) is 0 Å². The number of carbonyl (C=O) groups excluding carboxylic acids is 2. The van der Waals surface area contributed by atoms with Gasteiger partial charge in [-0.3, -0.25) is 4.79 Å². The van der Waals surface area contributed by atoms with Crippen molar-refractivity contribution in [1.29, 1.82) is 0 Å². The summed E-state index contributed by atoms with van der Waals surface area (Å²) in [5.41, 5.74) is 5.55. The predicted molar refractivity (Wildman–Crippen MR) is 104 cm³/mol. The zero-order valence-electron chi connectivity index (χ0n) is 16.8. The van der Waals surface area contributed by atoms with E-state index in [9.17, 15) is 14.0 Å². The largest absolute Gasteiger partial charge is 0.444 e. The molecular weight excluding hydrogens is 363 g/mol. The number of hydrogen-bond acceptors (Lipinski definition) is 5. The number of aromatic nitrogens is 1. The van der Waals surface area contributed by atoms with Crippen molar-refractivity contribution in [1.82, 2.24) is 10.3 Å². The first-order chi connectivity index (χ1) is 13.0. The molecule has 0 saturated heterocycles. The lowest BCUT2D eigenvalue weighted by Gasteiger charge is -2.29. The highest BCUT2D eigenvalue weighted by molar-refractivity contribution is 5.96. The standard InChI is InChI=1S/C20H29FN4O3/c1-10-13(22)9-14(23-17(10)21)24-18(26)16(25-19(27)28-20(2,3)4)15(11-5-6-11)12-7-8-12/h9,11-12,15-16H,5-8H2,1-4H3,(H,25,27)(H3,22,23,24,26). The molecule has 0 aliphatic heterocycles. The van der Waals surface area contributed by atoms with E-state index in [0.29, 0.717) is 11.8 Å². The summed E-state index contributed by atoms with van der Waals surface area (Å²) in [6.07, 6.45) is 3.55. The van der Waals surface area contributed by atoms with Crippen LogP contribution in [0.1, 0.15) is 52.0 Å². The van der Waals surface area contributed by atoms with Gasteiger partial charge in [0.25, 0.3) is 0 Å². The van der Waals surface area contributed by atoms with Gasteiger partial charge in [-0.1, -0.05) is 0 Å². The third-order valence-electron chi connectivity index (χ3n) is 5.18. The average Bonchev–Trinajstić information content (AvgIpc) is 3.44. The van der Waals surface area contributed by atoms with Gasteiger partial charge in [0, 0.05) is 17.3 Å². The topological polar surface area (TPSA) is 106 Å². The molecule has 154 valence electrons. The Morgan fingerprint density at radius 2 is 1.82 bits per heavy atom. The maximum absolute atomic E-state index is 13.9. The van der Waals surface area contributed by atoms with Gasteiger partial charge in [0.05, 0.1) is 0 Å². The van der Waals surface area contributed by atoms with Gasteiger partial charge in [0.1, 0.15) is 17.5 Å². The smallest absolute Gasteiger partial charge is 0.408 e. The van der Waals surface area contributed by atoms with Crippen LogP contribution in [-0.2, 0) is 9.53 Å². The van der Waals surface area contributed by atoms with E-state index in [4.69, 9.17) is 10.5 Å². The summed E-state index contributed by atoms with van der Waals surface area (Å²) >= 11 is 0. The Balaban J connectivity index is 1.79. The lowest BCUT2D eigenvalue weighted by molar-refractivity contribution is -0.120. The van der Waals surface area contributed by atoms with Gasteiger partial charge in [-0.2, -0.15) is 4.39 Å². The number of nitrogens with one attached hydrogen (secondary N) is 2. The second kappa shape index (κ2) is 7.56. The maximum Gasteiger partial charge on any atom is 0.408 e. The molecule has 2 saturated carbocycles. The van der Waals surface area contributed by atoms with Crippen LogP contribution in [0.15, 0.2) is 6.07 Å². The molecule has 2 fully saturated rings. The lowest BCUT2D eigenvalue weighted by Crippen LogP contribution is -2.51. The van der Waals surface area contributed by atoms with Gasteiger partial charge in [0.2, 0.25) is 11.9 Å². The number of rotatable bonds is 6. The van der Waals surface area contributed by atoms with Crippen LogP contribution in [0.5, 0.6) is 0 Å². The van der Waals surface area contributed by atoms with Crippen LogP contribution in [-0.4, -0.2) is 28.6 Å². The molecular formula is C20H29FN4O3. The van der Waals surface area contributed by atoms with E-state index in [0.717, 1.165) is 25.7 Å². The average molecular weight is 392 g/mol. The third-order valence-corrected chi connectivity index (χ3v) is 5.18. The predicted octanol–water partition coefficient (Wildman–Crippen LogP) is 3.38. The van der Waals surface area contributed by atoms with Crippen molar-refractivity contribution >= 4 is 23.5 Å². The molecule has 1 heterocycles. The Labute approximate surface area is 164 Å². The molecule has 1 atom stereocenters. The van der Waals surface area contributed by atoms with E-state index in [1.165, 1.54) is 13.0 Å². The number of amides is 2. The molecule has 1 aromatic rings. The Hall–Kier alpha value is -2.38. The minimum absolute atomic E-state index is 0.0342. The molecule has 7 nitrogen and oxygen atoms in total.